The second-order valence-corrected chi connectivity index (χ2v) is 2.69. The van der Waals surface area contributed by atoms with Crippen LogP contribution in [0.5, 0.6) is 0 Å². The number of Topliss-reactive ketones (excluding diaryl/α,β-unsaturated/α-hetero) is 1. The Kier molecular flexibility index (Phi) is 4.40. The largest absolute Gasteiger partial charge is 0.498 e. The first-order chi connectivity index (χ1) is 5.49. The fraction of sp³-hybridized carbons (Fsp3) is 0.667. The van der Waals surface area contributed by atoms with E-state index in [9.17, 15) is 4.79 Å². The molecule has 0 amide bonds. The average Bonchev–Trinajstić information content (AvgIpc) is 2.02. The third kappa shape index (κ3) is 3.42. The molecule has 0 aromatic carbocycles. The molecule has 0 bridgehead atoms. The number of hydrogen-bond donors (Lipinski definition) is 0. The summed E-state index contributed by atoms with van der Waals surface area (Å²) in [4.78, 5) is 10.8. The molecular formula is C9H16O3. The van der Waals surface area contributed by atoms with Crippen molar-refractivity contribution in [1.82, 2.24) is 0 Å². The van der Waals surface area contributed by atoms with Crippen molar-refractivity contribution < 1.29 is 14.3 Å². The normalized spacial score (nSPS) is 14.8. The van der Waals surface area contributed by atoms with Gasteiger partial charge in [0.25, 0.3) is 0 Å². The minimum Gasteiger partial charge on any atom is -0.498 e. The van der Waals surface area contributed by atoms with Gasteiger partial charge in [0.1, 0.15) is 11.5 Å². The molecule has 0 aliphatic carbocycles. The third-order valence-electron chi connectivity index (χ3n) is 1.73. The molecule has 0 fully saturated rings. The lowest BCUT2D eigenvalue weighted by Gasteiger charge is -2.13. The summed E-state index contributed by atoms with van der Waals surface area (Å²) < 4.78 is 10.2. The lowest BCUT2D eigenvalue weighted by atomic mass is 10.3. The second-order valence-electron chi connectivity index (χ2n) is 2.69. The van der Waals surface area contributed by atoms with Gasteiger partial charge in [-0.25, -0.2) is 0 Å². The Balaban J connectivity index is 4.17. The van der Waals surface area contributed by atoms with E-state index in [0.717, 1.165) is 0 Å². The molecule has 12 heavy (non-hydrogen) atoms. The Morgan fingerprint density at radius 2 is 1.67 bits per heavy atom. The molecule has 0 aromatic rings. The highest BCUT2D eigenvalue weighted by Gasteiger charge is 2.09. The van der Waals surface area contributed by atoms with Gasteiger partial charge in [-0.1, -0.05) is 0 Å². The zero-order valence-corrected chi connectivity index (χ0v) is 8.30. The monoisotopic (exact) mass is 172 g/mol. The van der Waals surface area contributed by atoms with E-state index in [0.29, 0.717) is 11.5 Å². The average molecular weight is 172 g/mol. The Morgan fingerprint density at radius 1 is 1.17 bits per heavy atom. The molecule has 70 valence electrons. The minimum absolute atomic E-state index is 0.0123. The molecule has 0 rings (SSSR count). The Labute approximate surface area is 73.4 Å². The van der Waals surface area contributed by atoms with Crippen molar-refractivity contribution in [2.45, 2.75) is 33.8 Å². The third-order valence-corrected chi connectivity index (χ3v) is 1.73. The molecule has 0 saturated carbocycles. The van der Waals surface area contributed by atoms with Crippen LogP contribution in [0.3, 0.4) is 0 Å². The second kappa shape index (κ2) is 4.80. The van der Waals surface area contributed by atoms with Crippen LogP contribution >= 0.6 is 0 Å². The van der Waals surface area contributed by atoms with Crippen LogP contribution in [-0.4, -0.2) is 19.0 Å². The van der Waals surface area contributed by atoms with Crippen molar-refractivity contribution in [3.8, 4) is 0 Å². The van der Waals surface area contributed by atoms with Gasteiger partial charge in [0.05, 0.1) is 7.11 Å². The summed E-state index contributed by atoms with van der Waals surface area (Å²) in [6.45, 7) is 6.79. The standard InChI is InChI=1S/C9H16O3/c1-6(10)7(2)12-9(4)8(3)11-5/h7H,1-5H3. The van der Waals surface area contributed by atoms with Crippen molar-refractivity contribution >= 4 is 5.78 Å². The van der Waals surface area contributed by atoms with Crippen LogP contribution in [0.2, 0.25) is 0 Å². The molecule has 0 N–H and O–H groups in total. The van der Waals surface area contributed by atoms with Crippen LogP contribution in [0.1, 0.15) is 27.7 Å². The summed E-state index contributed by atoms with van der Waals surface area (Å²) in [7, 11) is 1.57. The van der Waals surface area contributed by atoms with Crippen LogP contribution in [0.4, 0.5) is 0 Å². The zero-order valence-electron chi connectivity index (χ0n) is 8.30. The number of methoxy groups -OCH3 is 1. The maximum absolute atomic E-state index is 10.8. The van der Waals surface area contributed by atoms with Crippen molar-refractivity contribution in [3.05, 3.63) is 11.5 Å². The molecule has 0 spiro atoms. The summed E-state index contributed by atoms with van der Waals surface area (Å²) >= 11 is 0. The summed E-state index contributed by atoms with van der Waals surface area (Å²) in [5.74, 6) is 1.36. The fourth-order valence-corrected chi connectivity index (χ4v) is 0.575. The van der Waals surface area contributed by atoms with Gasteiger partial charge in [-0.3, -0.25) is 4.79 Å². The van der Waals surface area contributed by atoms with Gasteiger partial charge in [0.15, 0.2) is 11.9 Å². The number of allylic oxidation sites excluding steroid dienone is 2. The number of carbonyl (C=O) groups excluding carboxylic acids is 1. The molecule has 0 aromatic heterocycles. The van der Waals surface area contributed by atoms with E-state index in [1.807, 2.05) is 0 Å². The number of ether oxygens (including phenoxy) is 2. The topological polar surface area (TPSA) is 35.5 Å². The molecule has 0 saturated heterocycles. The molecule has 0 aliphatic heterocycles. The highest BCUT2D eigenvalue weighted by Crippen LogP contribution is 2.08. The summed E-state index contributed by atoms with van der Waals surface area (Å²) in [5, 5.41) is 0. The first-order valence-electron chi connectivity index (χ1n) is 3.87. The van der Waals surface area contributed by atoms with Crippen molar-refractivity contribution in [1.29, 1.82) is 0 Å². The van der Waals surface area contributed by atoms with Gasteiger partial charge in [0.2, 0.25) is 0 Å². The van der Waals surface area contributed by atoms with Crippen LogP contribution in [0.25, 0.3) is 0 Å². The molecule has 0 aliphatic rings. The Bertz CT molecular complexity index is 194. The van der Waals surface area contributed by atoms with Crippen LogP contribution < -0.4 is 0 Å². The smallest absolute Gasteiger partial charge is 0.169 e. The van der Waals surface area contributed by atoms with E-state index >= 15 is 0 Å². The van der Waals surface area contributed by atoms with Crippen LogP contribution in [-0.2, 0) is 14.3 Å². The Morgan fingerprint density at radius 3 is 2.00 bits per heavy atom. The van der Waals surface area contributed by atoms with E-state index in [1.54, 1.807) is 27.9 Å². The van der Waals surface area contributed by atoms with Gasteiger partial charge in [-0.15, -0.1) is 0 Å². The van der Waals surface area contributed by atoms with Gasteiger partial charge in [-0.05, 0) is 27.7 Å². The summed E-state index contributed by atoms with van der Waals surface area (Å²) in [6.07, 6.45) is -0.393. The summed E-state index contributed by atoms with van der Waals surface area (Å²) in [6, 6.07) is 0. The molecular weight excluding hydrogens is 156 g/mol. The van der Waals surface area contributed by atoms with E-state index < -0.39 is 6.10 Å². The van der Waals surface area contributed by atoms with Crippen molar-refractivity contribution in [3.63, 3.8) is 0 Å². The zero-order chi connectivity index (χ0) is 9.72. The molecule has 3 heteroatoms. The predicted molar refractivity (Wildman–Crippen MR) is 46.6 cm³/mol. The molecule has 3 nitrogen and oxygen atoms in total. The predicted octanol–water partition coefficient (Wildman–Crippen LogP) is 1.88. The van der Waals surface area contributed by atoms with E-state index in [1.165, 1.54) is 6.92 Å². The lowest BCUT2D eigenvalue weighted by Crippen LogP contribution is -2.17. The quantitative estimate of drug-likeness (QED) is 0.607. The highest BCUT2D eigenvalue weighted by molar-refractivity contribution is 5.80. The van der Waals surface area contributed by atoms with Crippen molar-refractivity contribution in [2.75, 3.05) is 7.11 Å². The fourth-order valence-electron chi connectivity index (χ4n) is 0.575. The van der Waals surface area contributed by atoms with Gasteiger partial charge in [0, 0.05) is 0 Å². The molecule has 1 atom stereocenters. The maximum Gasteiger partial charge on any atom is 0.169 e. The first kappa shape index (κ1) is 11.0. The SMILES string of the molecule is COC(C)=C(C)OC(C)C(C)=O. The van der Waals surface area contributed by atoms with Crippen LogP contribution in [0, 0.1) is 0 Å². The van der Waals surface area contributed by atoms with E-state index in [-0.39, 0.29) is 5.78 Å². The lowest BCUT2D eigenvalue weighted by molar-refractivity contribution is -0.125. The number of hydrogen-bond acceptors (Lipinski definition) is 3. The van der Waals surface area contributed by atoms with Crippen LogP contribution in [0.15, 0.2) is 11.5 Å². The minimum atomic E-state index is -0.393. The van der Waals surface area contributed by atoms with Gasteiger partial charge >= 0.3 is 0 Å². The van der Waals surface area contributed by atoms with E-state index in [4.69, 9.17) is 9.47 Å². The molecule has 0 radical (unpaired) electrons. The molecule has 0 heterocycles. The first-order valence-corrected chi connectivity index (χ1v) is 3.87. The molecule has 1 unspecified atom stereocenters. The highest BCUT2D eigenvalue weighted by atomic mass is 16.5. The number of carbonyl (C=O) groups is 1. The Hall–Kier alpha value is -0.990. The van der Waals surface area contributed by atoms with Crippen molar-refractivity contribution in [2.24, 2.45) is 0 Å². The summed E-state index contributed by atoms with van der Waals surface area (Å²) in [5.41, 5.74) is 0. The van der Waals surface area contributed by atoms with Gasteiger partial charge < -0.3 is 9.47 Å². The maximum atomic E-state index is 10.8. The van der Waals surface area contributed by atoms with E-state index in [2.05, 4.69) is 0 Å². The number of rotatable bonds is 4. The number of ketones is 1. The van der Waals surface area contributed by atoms with Gasteiger partial charge in [-0.2, -0.15) is 0 Å².